The molecule has 3 aromatic carbocycles. The average Bonchev–Trinajstić information content (AvgIpc) is 3.12. The molecule has 0 aliphatic carbocycles. The van der Waals surface area contributed by atoms with Gasteiger partial charge in [-0.3, -0.25) is 0 Å². The van der Waals surface area contributed by atoms with Gasteiger partial charge in [0.15, 0.2) is 0 Å². The third-order valence-electron chi connectivity index (χ3n) is 4.45. The molecule has 0 atom stereocenters. The molecule has 0 spiro atoms. The zero-order valence-electron chi connectivity index (χ0n) is 15.2. The Labute approximate surface area is 166 Å². The molecule has 1 heterocycles. The molecule has 0 fully saturated rings. The maximum Gasteiger partial charge on any atom is 0.231 e. The van der Waals surface area contributed by atoms with Crippen molar-refractivity contribution >= 4 is 48.8 Å². The van der Waals surface area contributed by atoms with Crippen molar-refractivity contribution in [3.05, 3.63) is 60.7 Å². The third kappa shape index (κ3) is 4.01. The van der Waals surface area contributed by atoms with E-state index in [-0.39, 0.29) is 13.2 Å². The second-order valence-electron chi connectivity index (χ2n) is 6.31. The van der Waals surface area contributed by atoms with Gasteiger partial charge in [-0.15, -0.1) is 10.2 Å². The number of benzene rings is 3. The summed E-state index contributed by atoms with van der Waals surface area (Å²) >= 11 is 1.52. The quantitative estimate of drug-likeness (QED) is 0.448. The first-order valence-corrected chi connectivity index (χ1v) is 9.86. The van der Waals surface area contributed by atoms with Crippen molar-refractivity contribution < 1.29 is 10.2 Å². The van der Waals surface area contributed by atoms with Crippen molar-refractivity contribution in [3.63, 3.8) is 0 Å². The van der Waals surface area contributed by atoms with Crippen molar-refractivity contribution in [2.75, 3.05) is 31.2 Å². The molecule has 1 aromatic heterocycles. The van der Waals surface area contributed by atoms with E-state index in [1.165, 1.54) is 16.7 Å². The standard InChI is InChI=1S/C21H20N4O2S/c26-11-9-25(10-12-27)18-7-5-17(6-8-18)23-24-21-22-19-13-15-3-1-2-4-16(15)14-20(19)28-21/h1-8,13-14,26-27H,9-12H2. The van der Waals surface area contributed by atoms with Gasteiger partial charge in [-0.05, 0) is 47.2 Å². The lowest BCUT2D eigenvalue weighted by molar-refractivity contribution is 0.281. The molecule has 4 aromatic rings. The van der Waals surface area contributed by atoms with Crippen LogP contribution >= 0.6 is 11.3 Å². The maximum atomic E-state index is 9.15. The van der Waals surface area contributed by atoms with E-state index < -0.39 is 0 Å². The topological polar surface area (TPSA) is 81.3 Å². The summed E-state index contributed by atoms with van der Waals surface area (Å²) in [5.74, 6) is 0. The summed E-state index contributed by atoms with van der Waals surface area (Å²) in [5.41, 5.74) is 2.58. The van der Waals surface area contributed by atoms with Crippen LogP contribution in [0.15, 0.2) is 70.9 Å². The maximum absolute atomic E-state index is 9.15. The Morgan fingerprint density at radius 2 is 1.54 bits per heavy atom. The van der Waals surface area contributed by atoms with Gasteiger partial charge in [0, 0.05) is 18.8 Å². The zero-order chi connectivity index (χ0) is 19.3. The number of hydrogen-bond donors (Lipinski definition) is 2. The minimum atomic E-state index is 0.0358. The molecule has 6 nitrogen and oxygen atoms in total. The average molecular weight is 392 g/mol. The number of hydrogen-bond acceptors (Lipinski definition) is 7. The Balaban J connectivity index is 1.54. The molecule has 0 aliphatic heterocycles. The number of thiazole rings is 1. The van der Waals surface area contributed by atoms with Crippen molar-refractivity contribution in [1.82, 2.24) is 4.98 Å². The van der Waals surface area contributed by atoms with Gasteiger partial charge in [-0.2, -0.15) is 0 Å². The zero-order valence-corrected chi connectivity index (χ0v) is 16.0. The van der Waals surface area contributed by atoms with E-state index in [0.29, 0.717) is 18.2 Å². The lowest BCUT2D eigenvalue weighted by Crippen LogP contribution is -2.29. The van der Waals surface area contributed by atoms with Crippen LogP contribution in [-0.2, 0) is 0 Å². The minimum absolute atomic E-state index is 0.0358. The van der Waals surface area contributed by atoms with Gasteiger partial charge < -0.3 is 15.1 Å². The first kappa shape index (κ1) is 18.5. The molecule has 7 heteroatoms. The molecule has 0 bridgehead atoms. The molecule has 4 rings (SSSR count). The van der Waals surface area contributed by atoms with E-state index in [1.54, 1.807) is 0 Å². The molecule has 142 valence electrons. The predicted molar refractivity (Wildman–Crippen MR) is 114 cm³/mol. The highest BCUT2D eigenvalue weighted by Gasteiger charge is 2.06. The van der Waals surface area contributed by atoms with Crippen LogP contribution in [0.5, 0.6) is 0 Å². The molecule has 0 unspecified atom stereocenters. The summed E-state index contributed by atoms with van der Waals surface area (Å²) in [5, 5.41) is 29.8. The summed E-state index contributed by atoms with van der Waals surface area (Å²) in [4.78, 5) is 6.48. The van der Waals surface area contributed by atoms with Crippen LogP contribution in [0.3, 0.4) is 0 Å². The Morgan fingerprint density at radius 3 is 2.21 bits per heavy atom. The Hall–Kier alpha value is -2.87. The normalized spacial score (nSPS) is 11.6. The number of aromatic nitrogens is 1. The van der Waals surface area contributed by atoms with E-state index in [0.717, 1.165) is 27.0 Å². The van der Waals surface area contributed by atoms with Crippen LogP contribution in [0.25, 0.3) is 21.0 Å². The third-order valence-corrected chi connectivity index (χ3v) is 5.35. The second-order valence-corrected chi connectivity index (χ2v) is 7.32. The van der Waals surface area contributed by atoms with Gasteiger partial charge >= 0.3 is 0 Å². The number of azo groups is 1. The molecule has 28 heavy (non-hydrogen) atoms. The lowest BCUT2D eigenvalue weighted by atomic mass is 10.1. The molecular formula is C21H20N4O2S. The molecule has 0 radical (unpaired) electrons. The number of fused-ring (bicyclic) bond motifs is 2. The first-order chi connectivity index (χ1) is 13.8. The lowest BCUT2D eigenvalue weighted by Gasteiger charge is -2.22. The molecule has 0 saturated heterocycles. The number of aliphatic hydroxyl groups excluding tert-OH is 2. The molecule has 0 saturated carbocycles. The summed E-state index contributed by atoms with van der Waals surface area (Å²) in [6, 6.07) is 20.0. The minimum Gasteiger partial charge on any atom is -0.395 e. The summed E-state index contributed by atoms with van der Waals surface area (Å²) in [6.45, 7) is 1.02. The fraction of sp³-hybridized carbons (Fsp3) is 0.190. The van der Waals surface area contributed by atoms with Gasteiger partial charge in [-0.1, -0.05) is 35.6 Å². The monoisotopic (exact) mass is 392 g/mol. The SMILES string of the molecule is OCCN(CCO)c1ccc(N=Nc2nc3cc4ccccc4cc3s2)cc1. The number of anilines is 1. The van der Waals surface area contributed by atoms with E-state index >= 15 is 0 Å². The highest BCUT2D eigenvalue weighted by molar-refractivity contribution is 7.22. The first-order valence-electron chi connectivity index (χ1n) is 9.04. The fourth-order valence-electron chi connectivity index (χ4n) is 3.09. The summed E-state index contributed by atoms with van der Waals surface area (Å²) in [6.07, 6.45) is 0. The molecule has 0 amide bonds. The van der Waals surface area contributed by atoms with Crippen LogP contribution < -0.4 is 4.90 Å². The van der Waals surface area contributed by atoms with Crippen molar-refractivity contribution in [3.8, 4) is 0 Å². The molecule has 0 aliphatic rings. The van der Waals surface area contributed by atoms with Gasteiger partial charge in [0.05, 0.1) is 29.1 Å². The van der Waals surface area contributed by atoms with Gasteiger partial charge in [0.2, 0.25) is 5.13 Å². The van der Waals surface area contributed by atoms with Gasteiger partial charge in [0.25, 0.3) is 0 Å². The number of aliphatic hydroxyl groups is 2. The number of nitrogens with zero attached hydrogens (tertiary/aromatic N) is 4. The van der Waals surface area contributed by atoms with Crippen LogP contribution in [0.2, 0.25) is 0 Å². The highest BCUT2D eigenvalue weighted by atomic mass is 32.1. The molecule has 2 N–H and O–H groups in total. The van der Waals surface area contributed by atoms with Gasteiger partial charge in [0.1, 0.15) is 0 Å². The van der Waals surface area contributed by atoms with Crippen LogP contribution in [0.1, 0.15) is 0 Å². The molecular weight excluding hydrogens is 372 g/mol. The van der Waals surface area contributed by atoms with Gasteiger partial charge in [-0.25, -0.2) is 4.98 Å². The Kier molecular flexibility index (Phi) is 5.57. The van der Waals surface area contributed by atoms with Crippen molar-refractivity contribution in [2.45, 2.75) is 0 Å². The fourth-order valence-corrected chi connectivity index (χ4v) is 3.90. The second kappa shape index (κ2) is 8.43. The van der Waals surface area contributed by atoms with Crippen LogP contribution in [0, 0.1) is 0 Å². The van der Waals surface area contributed by atoms with Crippen molar-refractivity contribution in [2.24, 2.45) is 10.2 Å². The van der Waals surface area contributed by atoms with E-state index in [4.69, 9.17) is 10.2 Å². The number of rotatable bonds is 7. The largest absolute Gasteiger partial charge is 0.395 e. The van der Waals surface area contributed by atoms with Crippen molar-refractivity contribution in [1.29, 1.82) is 0 Å². The summed E-state index contributed by atoms with van der Waals surface area (Å²) < 4.78 is 1.09. The van der Waals surface area contributed by atoms with Crippen LogP contribution in [0.4, 0.5) is 16.5 Å². The summed E-state index contributed by atoms with van der Waals surface area (Å²) in [7, 11) is 0. The Bertz CT molecular complexity index is 1050. The smallest absolute Gasteiger partial charge is 0.231 e. The predicted octanol–water partition coefficient (Wildman–Crippen LogP) is 4.66. The highest BCUT2D eigenvalue weighted by Crippen LogP contribution is 2.32. The van der Waals surface area contributed by atoms with E-state index in [9.17, 15) is 0 Å². The van der Waals surface area contributed by atoms with E-state index in [2.05, 4.69) is 39.5 Å². The Morgan fingerprint density at radius 1 is 0.857 bits per heavy atom. The van der Waals surface area contributed by atoms with E-state index in [1.807, 2.05) is 41.3 Å². The van der Waals surface area contributed by atoms with Crippen LogP contribution in [-0.4, -0.2) is 41.5 Å².